The topological polar surface area (TPSA) is 17.3 Å². The highest BCUT2D eigenvalue weighted by molar-refractivity contribution is 9.10. The molecule has 0 spiro atoms. The second kappa shape index (κ2) is 7.14. The summed E-state index contributed by atoms with van der Waals surface area (Å²) in [6, 6.07) is 15.5. The Balaban J connectivity index is 2.05. The van der Waals surface area contributed by atoms with E-state index in [9.17, 15) is 0 Å². The average Bonchev–Trinajstić information content (AvgIpc) is 2.78. The van der Waals surface area contributed by atoms with E-state index >= 15 is 0 Å². The van der Waals surface area contributed by atoms with Gasteiger partial charge in [-0.15, -0.1) is 0 Å². The van der Waals surface area contributed by atoms with Crippen molar-refractivity contribution in [3.63, 3.8) is 0 Å². The number of aromatic nitrogens is 1. The largest absolute Gasteiger partial charge is 0.317 e. The molecule has 0 aliphatic heterocycles. The Hall–Kier alpha value is -1.55. The molecular weight excluding hydrogens is 407 g/mol. The van der Waals surface area contributed by atoms with Crippen molar-refractivity contribution in [2.75, 3.05) is 0 Å². The second-order valence-electron chi connectivity index (χ2n) is 5.42. The molecular formula is C19H15BrCl2N2. The Kier molecular flexibility index (Phi) is 5.14. The molecule has 122 valence electrons. The number of halogens is 3. The maximum Gasteiger partial charge on any atom is 0.0817 e. The first-order valence-electron chi connectivity index (χ1n) is 7.41. The van der Waals surface area contributed by atoms with Crippen molar-refractivity contribution in [3.8, 4) is 5.69 Å². The first-order valence-corrected chi connectivity index (χ1v) is 8.96. The predicted molar refractivity (Wildman–Crippen MR) is 107 cm³/mol. The first kappa shape index (κ1) is 17.3. The van der Waals surface area contributed by atoms with Crippen LogP contribution in [0.5, 0.6) is 0 Å². The Labute approximate surface area is 159 Å². The zero-order chi connectivity index (χ0) is 17.3. The normalized spacial score (nSPS) is 11.4. The van der Waals surface area contributed by atoms with Crippen LogP contribution >= 0.6 is 39.1 Å². The minimum atomic E-state index is 0.534. The number of para-hydroxylation sites is 1. The quantitative estimate of drug-likeness (QED) is 0.408. The van der Waals surface area contributed by atoms with Gasteiger partial charge in [0, 0.05) is 38.3 Å². The molecule has 0 saturated heterocycles. The number of hydrogen-bond donors (Lipinski definition) is 0. The van der Waals surface area contributed by atoms with E-state index in [-0.39, 0.29) is 0 Å². The number of benzene rings is 2. The van der Waals surface area contributed by atoms with Crippen molar-refractivity contribution in [3.05, 3.63) is 80.0 Å². The Morgan fingerprint density at radius 3 is 2.38 bits per heavy atom. The molecule has 0 radical (unpaired) electrons. The van der Waals surface area contributed by atoms with Gasteiger partial charge in [-0.2, -0.15) is 0 Å². The maximum absolute atomic E-state index is 6.19. The molecule has 1 aromatic heterocycles. The molecule has 0 fully saturated rings. The van der Waals surface area contributed by atoms with E-state index in [1.54, 1.807) is 12.1 Å². The van der Waals surface area contributed by atoms with E-state index in [1.807, 2.05) is 30.5 Å². The van der Waals surface area contributed by atoms with Crippen LogP contribution in [-0.2, 0) is 0 Å². The van der Waals surface area contributed by atoms with Crippen molar-refractivity contribution >= 4 is 51.0 Å². The molecule has 0 amide bonds. The summed E-state index contributed by atoms with van der Waals surface area (Å²) < 4.78 is 3.23. The minimum absolute atomic E-state index is 0.534. The summed E-state index contributed by atoms with van der Waals surface area (Å²) in [5.41, 5.74) is 5.08. The van der Waals surface area contributed by atoms with Crippen LogP contribution in [0.15, 0.2) is 58.0 Å². The molecule has 0 N–H and O–H groups in total. The number of nitrogens with zero attached hydrogens (tertiary/aromatic N) is 2. The minimum Gasteiger partial charge on any atom is -0.317 e. The SMILES string of the molecule is Cc1c(Br)c(C=Nc2ccc(Cl)cc2Cl)c(C)n1-c1ccccc1. The number of hydrogen-bond acceptors (Lipinski definition) is 1. The van der Waals surface area contributed by atoms with Crippen LogP contribution in [0.2, 0.25) is 10.0 Å². The van der Waals surface area contributed by atoms with Gasteiger partial charge in [0.05, 0.1) is 10.7 Å². The standard InChI is InChI=1S/C19H15BrCl2N2/c1-12-16(11-23-18-9-8-14(21)10-17(18)22)19(20)13(2)24(12)15-6-4-3-5-7-15/h3-11H,1-2H3. The fraction of sp³-hybridized carbons (Fsp3) is 0.105. The van der Waals surface area contributed by atoms with Crippen molar-refractivity contribution in [1.29, 1.82) is 0 Å². The van der Waals surface area contributed by atoms with Gasteiger partial charge in [-0.1, -0.05) is 41.4 Å². The van der Waals surface area contributed by atoms with Gasteiger partial charge in [-0.25, -0.2) is 0 Å². The lowest BCUT2D eigenvalue weighted by Crippen LogP contribution is -1.99. The predicted octanol–water partition coefficient (Wildman–Crippen LogP) is 6.91. The molecule has 0 bridgehead atoms. The van der Waals surface area contributed by atoms with Gasteiger partial charge in [-0.05, 0) is 60.1 Å². The highest BCUT2D eigenvalue weighted by Crippen LogP contribution is 2.31. The Morgan fingerprint density at radius 2 is 1.71 bits per heavy atom. The van der Waals surface area contributed by atoms with Crippen LogP contribution in [0.3, 0.4) is 0 Å². The monoisotopic (exact) mass is 420 g/mol. The average molecular weight is 422 g/mol. The van der Waals surface area contributed by atoms with Crippen LogP contribution in [0, 0.1) is 13.8 Å². The van der Waals surface area contributed by atoms with E-state index < -0.39 is 0 Å². The highest BCUT2D eigenvalue weighted by Gasteiger charge is 2.15. The first-order chi connectivity index (χ1) is 11.5. The lowest BCUT2D eigenvalue weighted by molar-refractivity contribution is 0.962. The van der Waals surface area contributed by atoms with E-state index in [0.29, 0.717) is 15.7 Å². The van der Waals surface area contributed by atoms with Crippen LogP contribution in [0.4, 0.5) is 5.69 Å². The van der Waals surface area contributed by atoms with E-state index in [0.717, 1.165) is 27.1 Å². The molecule has 0 atom stereocenters. The Bertz CT molecular complexity index is 915. The van der Waals surface area contributed by atoms with Gasteiger partial charge < -0.3 is 4.57 Å². The van der Waals surface area contributed by atoms with Crippen molar-refractivity contribution in [1.82, 2.24) is 4.57 Å². The van der Waals surface area contributed by atoms with Gasteiger partial charge in [0.2, 0.25) is 0 Å². The molecule has 5 heteroatoms. The van der Waals surface area contributed by atoms with Crippen LogP contribution in [0.1, 0.15) is 17.0 Å². The molecule has 0 saturated carbocycles. The lowest BCUT2D eigenvalue weighted by Gasteiger charge is -2.08. The molecule has 0 aliphatic carbocycles. The van der Waals surface area contributed by atoms with Gasteiger partial charge in [0.15, 0.2) is 0 Å². The zero-order valence-electron chi connectivity index (χ0n) is 13.2. The van der Waals surface area contributed by atoms with Crippen molar-refractivity contribution in [2.24, 2.45) is 4.99 Å². The lowest BCUT2D eigenvalue weighted by atomic mass is 10.2. The van der Waals surface area contributed by atoms with E-state index in [4.69, 9.17) is 23.2 Å². The summed E-state index contributed by atoms with van der Waals surface area (Å²) in [6.45, 7) is 4.16. The van der Waals surface area contributed by atoms with Gasteiger partial charge in [0.1, 0.15) is 0 Å². The Morgan fingerprint density at radius 1 is 1.00 bits per heavy atom. The molecule has 1 heterocycles. The van der Waals surface area contributed by atoms with Gasteiger partial charge in [0.25, 0.3) is 0 Å². The zero-order valence-corrected chi connectivity index (χ0v) is 16.3. The fourth-order valence-electron chi connectivity index (χ4n) is 2.66. The maximum atomic E-state index is 6.19. The number of aliphatic imine (C=N–C) groups is 1. The third kappa shape index (κ3) is 3.30. The molecule has 3 aromatic rings. The summed E-state index contributed by atoms with van der Waals surface area (Å²) in [5.74, 6) is 0. The molecule has 24 heavy (non-hydrogen) atoms. The van der Waals surface area contributed by atoms with E-state index in [2.05, 4.69) is 51.5 Å². The van der Waals surface area contributed by atoms with Gasteiger partial charge >= 0.3 is 0 Å². The molecule has 2 nitrogen and oxygen atoms in total. The summed E-state index contributed by atoms with van der Waals surface area (Å²) in [6.07, 6.45) is 1.83. The summed E-state index contributed by atoms with van der Waals surface area (Å²) in [4.78, 5) is 4.53. The molecule has 3 rings (SSSR count). The molecule has 0 aliphatic rings. The van der Waals surface area contributed by atoms with E-state index in [1.165, 1.54) is 0 Å². The summed E-state index contributed by atoms with van der Waals surface area (Å²) >= 11 is 15.8. The highest BCUT2D eigenvalue weighted by atomic mass is 79.9. The van der Waals surface area contributed by atoms with Crippen LogP contribution < -0.4 is 0 Å². The second-order valence-corrected chi connectivity index (χ2v) is 7.06. The smallest absolute Gasteiger partial charge is 0.0817 e. The summed E-state index contributed by atoms with van der Waals surface area (Å²) in [7, 11) is 0. The van der Waals surface area contributed by atoms with Crippen LogP contribution in [-0.4, -0.2) is 10.8 Å². The third-order valence-electron chi connectivity index (χ3n) is 3.87. The summed E-state index contributed by atoms with van der Waals surface area (Å²) in [5, 5.41) is 1.13. The fourth-order valence-corrected chi connectivity index (χ4v) is 3.68. The van der Waals surface area contributed by atoms with Crippen molar-refractivity contribution < 1.29 is 0 Å². The number of rotatable bonds is 3. The third-order valence-corrected chi connectivity index (χ3v) is 5.41. The molecule has 2 aromatic carbocycles. The van der Waals surface area contributed by atoms with Crippen molar-refractivity contribution in [2.45, 2.75) is 13.8 Å². The molecule has 0 unspecified atom stereocenters. The van der Waals surface area contributed by atoms with Gasteiger partial charge in [-0.3, -0.25) is 4.99 Å². The van der Waals surface area contributed by atoms with Crippen LogP contribution in [0.25, 0.3) is 5.69 Å².